The highest BCUT2D eigenvalue weighted by atomic mass is 35.5. The van der Waals surface area contributed by atoms with Gasteiger partial charge >= 0.3 is 12.2 Å². The number of ether oxygens (including phenoxy) is 1. The Hall–Kier alpha value is -3.36. The van der Waals surface area contributed by atoms with Crippen LogP contribution in [0.2, 0.25) is 5.02 Å². The molecule has 252 valence electrons. The number of aromatic nitrogens is 3. The Kier molecular flexibility index (Phi) is 7.60. The number of anilines is 2. The largest absolute Gasteiger partial charge is 0.461 e. The van der Waals surface area contributed by atoms with Crippen molar-refractivity contribution in [1.29, 1.82) is 0 Å². The number of nitrogens with zero attached hydrogens (tertiary/aromatic N) is 5. The number of benzene rings is 1. The molecule has 2 bridgehead atoms. The van der Waals surface area contributed by atoms with Crippen molar-refractivity contribution in [1.82, 2.24) is 25.2 Å². The van der Waals surface area contributed by atoms with Gasteiger partial charge in [-0.05, 0) is 63.8 Å². The van der Waals surface area contributed by atoms with Crippen molar-refractivity contribution in [2.75, 3.05) is 37.4 Å². The Bertz CT molecular complexity index is 1800. The van der Waals surface area contributed by atoms with Crippen LogP contribution in [0.25, 0.3) is 27.7 Å². The molecule has 1 unspecified atom stereocenters. The van der Waals surface area contributed by atoms with E-state index in [4.69, 9.17) is 27.1 Å². The van der Waals surface area contributed by atoms with Gasteiger partial charge in [0.1, 0.15) is 23.8 Å². The van der Waals surface area contributed by atoms with Crippen LogP contribution in [0.3, 0.4) is 0 Å². The normalized spacial score (nSPS) is 27.6. The maximum Gasteiger partial charge on any atom is 0.418 e. The summed E-state index contributed by atoms with van der Waals surface area (Å²) >= 11 is 6.93. The molecule has 4 aliphatic heterocycles. The lowest BCUT2D eigenvalue weighted by Crippen LogP contribution is -2.58. The number of likely N-dealkylation sites (tertiary alicyclic amines) is 1. The van der Waals surface area contributed by atoms with E-state index in [0.717, 1.165) is 18.9 Å². The molecular formula is C32H34ClF6N7O. The van der Waals surface area contributed by atoms with Crippen molar-refractivity contribution < 1.29 is 31.1 Å². The SMILES string of the molecule is C=C1C[C@@H]2[C@@H]3CC[C@H](CN2c2nc(OC[C@]4(C)CC(C(F)F)CN4C)nc4c(F)c(-c5nc(N)cc(C)c5C(F)(F)F)c(Cl)c1c24)N3. The number of nitrogens with one attached hydrogen (secondary N) is 1. The summed E-state index contributed by atoms with van der Waals surface area (Å²) < 4.78 is 93.7. The van der Waals surface area contributed by atoms with Gasteiger partial charge in [-0.25, -0.2) is 18.2 Å². The van der Waals surface area contributed by atoms with Crippen LogP contribution in [0.5, 0.6) is 6.01 Å². The predicted molar refractivity (Wildman–Crippen MR) is 167 cm³/mol. The van der Waals surface area contributed by atoms with Crippen molar-refractivity contribution >= 4 is 39.7 Å². The summed E-state index contributed by atoms with van der Waals surface area (Å²) in [5, 5.41) is 3.54. The Balaban J connectivity index is 1.45. The third-order valence-electron chi connectivity index (χ3n) is 10.4. The highest BCUT2D eigenvalue weighted by Crippen LogP contribution is 2.51. The van der Waals surface area contributed by atoms with Gasteiger partial charge in [-0.2, -0.15) is 23.1 Å². The van der Waals surface area contributed by atoms with E-state index in [-0.39, 0.29) is 76.6 Å². The van der Waals surface area contributed by atoms with Crippen molar-refractivity contribution in [3.05, 3.63) is 40.2 Å². The summed E-state index contributed by atoms with van der Waals surface area (Å²) in [5.74, 6) is -1.90. The third kappa shape index (κ3) is 5.18. The van der Waals surface area contributed by atoms with Gasteiger partial charge in [0.2, 0.25) is 6.43 Å². The number of halogens is 7. The fourth-order valence-corrected chi connectivity index (χ4v) is 8.37. The number of fused-ring (bicyclic) bond motifs is 5. The second-order valence-electron chi connectivity index (χ2n) is 13.6. The summed E-state index contributed by atoms with van der Waals surface area (Å²) in [6, 6.07) is 0.881. The Morgan fingerprint density at radius 1 is 1.19 bits per heavy atom. The quantitative estimate of drug-likeness (QED) is 0.296. The van der Waals surface area contributed by atoms with Gasteiger partial charge in [-0.15, -0.1) is 0 Å². The van der Waals surface area contributed by atoms with E-state index in [1.807, 2.05) is 0 Å². The molecule has 47 heavy (non-hydrogen) atoms. The molecule has 0 spiro atoms. The molecule has 6 heterocycles. The molecule has 8 nitrogen and oxygen atoms in total. The van der Waals surface area contributed by atoms with Gasteiger partial charge in [0.15, 0.2) is 5.82 Å². The van der Waals surface area contributed by atoms with Gasteiger partial charge in [0.25, 0.3) is 0 Å². The lowest BCUT2D eigenvalue weighted by molar-refractivity contribution is -0.137. The van der Waals surface area contributed by atoms with Crippen molar-refractivity contribution in [3.63, 3.8) is 0 Å². The summed E-state index contributed by atoms with van der Waals surface area (Å²) in [5.41, 5.74) is 2.75. The molecule has 7 rings (SSSR count). The zero-order valence-electron chi connectivity index (χ0n) is 26.0. The first-order valence-corrected chi connectivity index (χ1v) is 15.9. The van der Waals surface area contributed by atoms with Gasteiger partial charge in [0.05, 0.1) is 32.8 Å². The molecule has 0 radical (unpaired) electrons. The number of pyridine rings is 1. The molecule has 0 aliphatic carbocycles. The van der Waals surface area contributed by atoms with E-state index < -0.39 is 46.7 Å². The molecular weight excluding hydrogens is 648 g/mol. The molecule has 4 aliphatic rings. The zero-order chi connectivity index (χ0) is 33.7. The number of likely N-dealkylation sites (N-methyl/N-ethyl adjacent to an activating group) is 1. The summed E-state index contributed by atoms with van der Waals surface area (Å²) in [6.07, 6.45) is -5.06. The van der Waals surface area contributed by atoms with E-state index in [1.54, 1.807) is 18.9 Å². The maximum absolute atomic E-state index is 17.0. The van der Waals surface area contributed by atoms with Crippen LogP contribution in [0.4, 0.5) is 38.0 Å². The van der Waals surface area contributed by atoms with Gasteiger partial charge in [0, 0.05) is 42.7 Å². The molecule has 3 fully saturated rings. The second kappa shape index (κ2) is 11.1. The first-order chi connectivity index (χ1) is 22.1. The minimum Gasteiger partial charge on any atom is -0.461 e. The Labute approximate surface area is 272 Å². The fourth-order valence-electron chi connectivity index (χ4n) is 7.97. The topological polar surface area (TPSA) is 92.4 Å². The van der Waals surface area contributed by atoms with Crippen molar-refractivity contribution in [3.8, 4) is 17.3 Å². The second-order valence-corrected chi connectivity index (χ2v) is 13.9. The molecule has 5 atom stereocenters. The van der Waals surface area contributed by atoms with Gasteiger partial charge < -0.3 is 20.7 Å². The highest BCUT2D eigenvalue weighted by Gasteiger charge is 2.47. The first kappa shape index (κ1) is 32.2. The molecule has 0 amide bonds. The van der Waals surface area contributed by atoms with Crippen LogP contribution in [0.15, 0.2) is 12.6 Å². The molecule has 3 saturated heterocycles. The minimum absolute atomic E-state index is 0.0599. The van der Waals surface area contributed by atoms with E-state index >= 15 is 4.39 Å². The van der Waals surface area contributed by atoms with E-state index in [2.05, 4.69) is 26.8 Å². The third-order valence-corrected chi connectivity index (χ3v) is 10.8. The van der Waals surface area contributed by atoms with Crippen LogP contribution in [0.1, 0.15) is 49.3 Å². The molecule has 1 aromatic carbocycles. The van der Waals surface area contributed by atoms with Crippen LogP contribution >= 0.6 is 11.6 Å². The van der Waals surface area contributed by atoms with Crippen LogP contribution in [-0.4, -0.2) is 76.7 Å². The molecule has 3 aromatic rings. The maximum atomic E-state index is 17.0. The van der Waals surface area contributed by atoms with E-state index in [1.165, 1.54) is 6.92 Å². The number of rotatable bonds is 5. The van der Waals surface area contributed by atoms with Crippen molar-refractivity contribution in [2.24, 2.45) is 5.92 Å². The van der Waals surface area contributed by atoms with Gasteiger partial charge in [-0.1, -0.05) is 18.2 Å². The average molecular weight is 682 g/mol. The zero-order valence-corrected chi connectivity index (χ0v) is 26.7. The van der Waals surface area contributed by atoms with E-state index in [9.17, 15) is 22.0 Å². The lowest BCUT2D eigenvalue weighted by atomic mass is 9.91. The fraction of sp³-hybridized carbons (Fsp3) is 0.531. The number of alkyl halides is 5. The number of hydrogen-bond acceptors (Lipinski definition) is 8. The van der Waals surface area contributed by atoms with Crippen LogP contribution in [-0.2, 0) is 6.18 Å². The van der Waals surface area contributed by atoms with Crippen molar-refractivity contribution in [2.45, 2.75) is 75.8 Å². The molecule has 0 saturated carbocycles. The Morgan fingerprint density at radius 2 is 1.94 bits per heavy atom. The standard InChI is InChI=1S/C32H34ClF6N7O/c1-13-7-18-17-6-5-16(41-17)11-46(18)29-21-20(13)24(33)22(26-23(32(37,38)39)14(2)8-19(40)42-26)25(34)27(21)43-30(44-29)47-12-31(3)9-15(28(35)36)10-45(31)4/h8,15-18,28,41H,1,5-7,9-12H2,2-4H3,(H2,40,42)/t15?,16-,17+,18-,31+/m1/s1. The smallest absolute Gasteiger partial charge is 0.418 e. The molecule has 2 aromatic heterocycles. The van der Waals surface area contributed by atoms with E-state index in [0.29, 0.717) is 24.4 Å². The van der Waals surface area contributed by atoms with Crippen LogP contribution in [0, 0.1) is 18.7 Å². The molecule has 3 N–H and O–H groups in total. The highest BCUT2D eigenvalue weighted by molar-refractivity contribution is 6.37. The number of aryl methyl sites for hydroxylation is 1. The average Bonchev–Trinajstić information content (AvgIpc) is 3.48. The monoisotopic (exact) mass is 681 g/mol. The Morgan fingerprint density at radius 3 is 2.62 bits per heavy atom. The first-order valence-electron chi connectivity index (χ1n) is 15.5. The molecule has 15 heteroatoms. The van der Waals surface area contributed by atoms with Crippen LogP contribution < -0.4 is 20.7 Å². The number of piperazine rings is 1. The minimum atomic E-state index is -4.91. The lowest BCUT2D eigenvalue weighted by Gasteiger charge is -2.41. The summed E-state index contributed by atoms with van der Waals surface area (Å²) in [6.45, 7) is 7.91. The number of hydrogen-bond donors (Lipinski definition) is 2. The summed E-state index contributed by atoms with van der Waals surface area (Å²) in [7, 11) is 1.73. The van der Waals surface area contributed by atoms with Gasteiger partial charge in [-0.3, -0.25) is 4.90 Å². The predicted octanol–water partition coefficient (Wildman–Crippen LogP) is 6.47. The number of nitrogens with two attached hydrogens (primary N) is 1. The number of nitrogen functional groups attached to an aromatic ring is 1. The summed E-state index contributed by atoms with van der Waals surface area (Å²) in [4.78, 5) is 17.0.